The van der Waals surface area contributed by atoms with E-state index in [9.17, 15) is 0 Å². The highest BCUT2D eigenvalue weighted by atomic mass is 35.5. The predicted octanol–water partition coefficient (Wildman–Crippen LogP) is 0.565. The van der Waals surface area contributed by atoms with E-state index in [-0.39, 0.29) is 25.9 Å². The van der Waals surface area contributed by atoms with Crippen LogP contribution in [0.25, 0.3) is 0 Å². The van der Waals surface area contributed by atoms with Crippen molar-refractivity contribution in [1.29, 1.82) is 0 Å². The summed E-state index contributed by atoms with van der Waals surface area (Å²) in [6.07, 6.45) is 0. The summed E-state index contributed by atoms with van der Waals surface area (Å²) >= 11 is 5.75. The van der Waals surface area contributed by atoms with Crippen molar-refractivity contribution in [3.8, 4) is 0 Å². The van der Waals surface area contributed by atoms with Gasteiger partial charge in [-0.05, 0) is 0 Å². The Bertz CT molecular complexity index is 128. The summed E-state index contributed by atoms with van der Waals surface area (Å²) in [4.78, 5) is 0. The Morgan fingerprint density at radius 1 is 0.800 bits per heavy atom. The third kappa shape index (κ3) is 6.43. The molecule has 0 atom stereocenters. The maximum absolute atomic E-state index is 5.75. The van der Waals surface area contributed by atoms with Gasteiger partial charge in [0.25, 0.3) is 0 Å². The molecule has 0 aromatic heterocycles. The summed E-state index contributed by atoms with van der Waals surface area (Å²) < 4.78 is 30.3. The lowest BCUT2D eigenvalue weighted by atomic mass is 11.4. The molecular weight excluding hydrogens is 244 g/mol. The van der Waals surface area contributed by atoms with Crippen LogP contribution < -0.4 is 0 Å². The second kappa shape index (κ2) is 9.49. The average Bonchev–Trinajstić information content (AvgIpc) is 2.29. The molecule has 0 saturated carbocycles. The van der Waals surface area contributed by atoms with Gasteiger partial charge in [0.1, 0.15) is 20.4 Å². The van der Waals surface area contributed by atoms with Gasteiger partial charge in [0.15, 0.2) is 0 Å². The van der Waals surface area contributed by atoms with E-state index in [1.165, 1.54) is 21.3 Å². The van der Waals surface area contributed by atoms with Crippen molar-refractivity contribution in [2.45, 2.75) is 0 Å². The van der Waals surface area contributed by atoms with E-state index in [1.54, 1.807) is 0 Å². The van der Waals surface area contributed by atoms with Crippen molar-refractivity contribution >= 4 is 20.4 Å². The lowest BCUT2D eigenvalue weighted by molar-refractivity contribution is -0.0826. The normalized spacial score (nSPS) is 12.0. The molecule has 0 spiro atoms. The summed E-state index contributed by atoms with van der Waals surface area (Å²) in [5.74, 6) is 0. The molecule has 0 radical (unpaired) electrons. The highest BCUT2D eigenvalue weighted by molar-refractivity contribution is 6.69. The van der Waals surface area contributed by atoms with Crippen LogP contribution in [0.5, 0.6) is 0 Å². The molecule has 0 aromatic rings. The van der Waals surface area contributed by atoms with Gasteiger partial charge >= 0.3 is 8.80 Å². The average molecular weight is 261 g/mol. The fraction of sp³-hybridized carbons (Fsp3) is 1.00. The highest BCUT2D eigenvalue weighted by Gasteiger charge is 2.41. The van der Waals surface area contributed by atoms with E-state index in [1.807, 2.05) is 0 Å². The van der Waals surface area contributed by atoms with Crippen molar-refractivity contribution < 1.29 is 27.5 Å². The van der Waals surface area contributed by atoms with Gasteiger partial charge in [0, 0.05) is 21.3 Å². The van der Waals surface area contributed by atoms with Gasteiger partial charge in [-0.25, -0.2) is 0 Å². The molecule has 0 unspecified atom stereocenters. The second-order valence-corrected chi connectivity index (χ2v) is 5.77. The molecule has 0 heterocycles. The van der Waals surface area contributed by atoms with Gasteiger partial charge in [-0.15, -0.1) is 11.6 Å². The van der Waals surface area contributed by atoms with Crippen LogP contribution in [0.2, 0.25) is 0 Å². The number of rotatable bonds is 10. The van der Waals surface area contributed by atoms with Crippen molar-refractivity contribution in [2.75, 3.05) is 47.2 Å². The molecule has 92 valence electrons. The molecule has 0 rings (SSSR count). The summed E-state index contributed by atoms with van der Waals surface area (Å²) in [7, 11) is 1.56. The highest BCUT2D eigenvalue weighted by Crippen LogP contribution is 2.12. The minimum atomic E-state index is -2.94. The first-order chi connectivity index (χ1) is 7.24. The number of ether oxygens (including phenoxy) is 3. The number of methoxy groups -OCH3 is 3. The first-order valence-corrected chi connectivity index (χ1v) is 6.66. The van der Waals surface area contributed by atoms with Gasteiger partial charge < -0.3 is 27.5 Å². The standard InChI is InChI=1S/C7H17ClO6Si/c1-9-5-12-15(4-8,13-6-10-2)14-7-11-3/h4-7H2,1-3H3. The first-order valence-electron chi connectivity index (χ1n) is 4.19. The Balaban J connectivity index is 4.16. The molecule has 15 heavy (non-hydrogen) atoms. The van der Waals surface area contributed by atoms with Crippen LogP contribution in [-0.2, 0) is 27.5 Å². The fourth-order valence-electron chi connectivity index (χ4n) is 0.687. The Morgan fingerprint density at radius 2 is 1.13 bits per heavy atom. The van der Waals surface area contributed by atoms with Gasteiger partial charge in [0.2, 0.25) is 0 Å². The van der Waals surface area contributed by atoms with Crippen LogP contribution >= 0.6 is 11.6 Å². The molecule has 0 amide bonds. The minimum Gasteiger partial charge on any atom is -0.360 e. The van der Waals surface area contributed by atoms with Crippen molar-refractivity contribution in [3.05, 3.63) is 0 Å². The van der Waals surface area contributed by atoms with E-state index in [0.717, 1.165) is 0 Å². The van der Waals surface area contributed by atoms with Crippen LogP contribution in [0.1, 0.15) is 0 Å². The fourth-order valence-corrected chi connectivity index (χ4v) is 2.75. The van der Waals surface area contributed by atoms with Crippen molar-refractivity contribution in [1.82, 2.24) is 0 Å². The zero-order chi connectivity index (χ0) is 11.6. The SMILES string of the molecule is COCO[Si](CCl)(OCOC)OCOC. The maximum atomic E-state index is 5.75. The lowest BCUT2D eigenvalue weighted by Gasteiger charge is -2.26. The molecule has 0 aromatic carbocycles. The van der Waals surface area contributed by atoms with E-state index in [2.05, 4.69) is 0 Å². The van der Waals surface area contributed by atoms with E-state index >= 15 is 0 Å². The lowest BCUT2D eigenvalue weighted by Crippen LogP contribution is -2.49. The minimum absolute atomic E-state index is 0.0480. The van der Waals surface area contributed by atoms with Crippen LogP contribution in [-0.4, -0.2) is 56.0 Å². The summed E-state index contributed by atoms with van der Waals surface area (Å²) in [5.41, 5.74) is 0.100. The molecular formula is C7H17ClO6Si. The zero-order valence-corrected chi connectivity index (χ0v) is 10.9. The topological polar surface area (TPSA) is 55.4 Å². The van der Waals surface area contributed by atoms with Crippen LogP contribution in [0.3, 0.4) is 0 Å². The van der Waals surface area contributed by atoms with Crippen LogP contribution in [0.15, 0.2) is 0 Å². The van der Waals surface area contributed by atoms with E-state index < -0.39 is 8.80 Å². The quantitative estimate of drug-likeness (QED) is 0.325. The monoisotopic (exact) mass is 260 g/mol. The van der Waals surface area contributed by atoms with E-state index in [0.29, 0.717) is 0 Å². The number of hydrogen-bond acceptors (Lipinski definition) is 6. The largest absolute Gasteiger partial charge is 0.521 e. The molecule has 6 nitrogen and oxygen atoms in total. The third-order valence-electron chi connectivity index (χ3n) is 1.35. The first kappa shape index (κ1) is 15.3. The Morgan fingerprint density at radius 3 is 1.33 bits per heavy atom. The van der Waals surface area contributed by atoms with Gasteiger partial charge in [-0.1, -0.05) is 0 Å². The molecule has 0 bridgehead atoms. The van der Waals surface area contributed by atoms with Gasteiger partial charge in [0.05, 0.1) is 5.50 Å². The molecule has 0 fully saturated rings. The smallest absolute Gasteiger partial charge is 0.360 e. The summed E-state index contributed by atoms with van der Waals surface area (Å²) in [6, 6.07) is 0. The van der Waals surface area contributed by atoms with Crippen LogP contribution in [0, 0.1) is 0 Å². The Labute approximate surface area is 95.7 Å². The third-order valence-corrected chi connectivity index (χ3v) is 4.34. The number of halogens is 1. The maximum Gasteiger partial charge on any atom is 0.521 e. The predicted molar refractivity (Wildman–Crippen MR) is 55.4 cm³/mol. The van der Waals surface area contributed by atoms with Crippen molar-refractivity contribution in [2.24, 2.45) is 0 Å². The molecule has 0 aliphatic heterocycles. The number of alkyl halides is 1. The second-order valence-electron chi connectivity index (χ2n) is 2.47. The molecule has 0 saturated heterocycles. The zero-order valence-electron chi connectivity index (χ0n) is 9.16. The van der Waals surface area contributed by atoms with Gasteiger partial charge in [-0.2, -0.15) is 0 Å². The van der Waals surface area contributed by atoms with Crippen LogP contribution in [0.4, 0.5) is 0 Å². The molecule has 0 aliphatic rings. The molecule has 0 aliphatic carbocycles. The summed E-state index contributed by atoms with van der Waals surface area (Å²) in [6.45, 7) is 0.144. The number of hydrogen-bond donors (Lipinski definition) is 0. The van der Waals surface area contributed by atoms with Gasteiger partial charge in [-0.3, -0.25) is 0 Å². The van der Waals surface area contributed by atoms with E-state index in [4.69, 9.17) is 39.1 Å². The molecule has 8 heteroatoms. The summed E-state index contributed by atoms with van der Waals surface area (Å²) in [5, 5.41) is 0. The van der Waals surface area contributed by atoms with Crippen molar-refractivity contribution in [3.63, 3.8) is 0 Å². The Kier molecular flexibility index (Phi) is 9.66. The molecule has 0 N–H and O–H groups in total. The Hall–Kier alpha value is 0.267.